The number of methoxy groups -OCH3 is 2. The van der Waals surface area contributed by atoms with E-state index < -0.39 is 0 Å². The molecule has 2 rings (SSSR count). The molecule has 0 atom stereocenters. The first-order valence-corrected chi connectivity index (χ1v) is 4.80. The lowest BCUT2D eigenvalue weighted by Crippen LogP contribution is -1.91. The maximum atomic E-state index is 5.34. The minimum Gasteiger partial charge on any atom is -0.493 e. The van der Waals surface area contributed by atoms with E-state index in [-0.39, 0.29) is 0 Å². The van der Waals surface area contributed by atoms with Crippen LogP contribution in [0.5, 0.6) is 11.5 Å². The second-order valence-corrected chi connectivity index (χ2v) is 3.40. The van der Waals surface area contributed by atoms with Crippen molar-refractivity contribution in [2.45, 2.75) is 6.92 Å². The number of rotatable bonds is 2. The molecular weight excluding hydrogens is 188 g/mol. The van der Waals surface area contributed by atoms with E-state index >= 15 is 0 Å². The molecule has 15 heavy (non-hydrogen) atoms. The van der Waals surface area contributed by atoms with Crippen LogP contribution in [0.4, 0.5) is 0 Å². The summed E-state index contributed by atoms with van der Waals surface area (Å²) in [4.78, 5) is 0. The molecule has 0 saturated carbocycles. The predicted octanol–water partition coefficient (Wildman–Crippen LogP) is 2.97. The van der Waals surface area contributed by atoms with Gasteiger partial charge in [-0.25, -0.2) is 0 Å². The third-order valence-electron chi connectivity index (χ3n) is 2.42. The first-order valence-electron chi connectivity index (χ1n) is 4.80. The van der Waals surface area contributed by atoms with Crippen LogP contribution >= 0.6 is 0 Å². The van der Waals surface area contributed by atoms with Crippen molar-refractivity contribution in [2.24, 2.45) is 0 Å². The molecule has 0 bridgehead atoms. The van der Waals surface area contributed by atoms with Crippen molar-refractivity contribution in [2.75, 3.05) is 14.2 Å². The first-order chi connectivity index (χ1) is 7.26. The minimum absolute atomic E-state index is 0.752. The van der Waals surface area contributed by atoms with Gasteiger partial charge in [-0.05, 0) is 36.1 Å². The lowest BCUT2D eigenvalue weighted by atomic mass is 10.1. The molecule has 77 valence electrons. The van der Waals surface area contributed by atoms with E-state index in [1.807, 2.05) is 31.2 Å². The van der Waals surface area contributed by atoms with Crippen molar-refractivity contribution in [3.8, 4) is 11.5 Å². The van der Waals surface area contributed by atoms with Crippen LogP contribution in [-0.2, 0) is 0 Å². The van der Waals surface area contributed by atoms with Crippen LogP contribution in [0.2, 0.25) is 0 Å². The number of aryl methyl sites for hydroxylation is 1. The fourth-order valence-corrected chi connectivity index (χ4v) is 1.69. The summed E-state index contributed by atoms with van der Waals surface area (Å²) in [5.41, 5.74) is 1.12. The molecule has 0 aliphatic rings. The van der Waals surface area contributed by atoms with E-state index in [4.69, 9.17) is 9.47 Å². The Morgan fingerprint density at radius 3 is 2.47 bits per heavy atom. The highest BCUT2D eigenvalue weighted by atomic mass is 16.5. The molecule has 0 N–H and O–H groups in total. The highest BCUT2D eigenvalue weighted by Crippen LogP contribution is 2.35. The molecule has 2 heteroatoms. The zero-order chi connectivity index (χ0) is 10.8. The summed E-state index contributed by atoms with van der Waals surface area (Å²) in [6.07, 6.45) is 0. The van der Waals surface area contributed by atoms with Gasteiger partial charge < -0.3 is 9.47 Å². The Bertz CT molecular complexity index is 489. The molecule has 0 aromatic heterocycles. The van der Waals surface area contributed by atoms with Gasteiger partial charge in [0.25, 0.3) is 0 Å². The van der Waals surface area contributed by atoms with Crippen molar-refractivity contribution in [3.63, 3.8) is 0 Å². The van der Waals surface area contributed by atoms with Gasteiger partial charge in [0.1, 0.15) is 0 Å². The minimum atomic E-state index is 0.752. The quantitative estimate of drug-likeness (QED) is 0.743. The van der Waals surface area contributed by atoms with Gasteiger partial charge in [0.05, 0.1) is 14.2 Å². The van der Waals surface area contributed by atoms with E-state index in [0.717, 1.165) is 27.8 Å². The second-order valence-electron chi connectivity index (χ2n) is 3.40. The fourth-order valence-electron chi connectivity index (χ4n) is 1.69. The van der Waals surface area contributed by atoms with Crippen LogP contribution < -0.4 is 9.47 Å². The molecule has 0 spiro atoms. The molecule has 2 aromatic rings. The van der Waals surface area contributed by atoms with Gasteiger partial charge in [0, 0.05) is 5.39 Å². The summed E-state index contributed by atoms with van der Waals surface area (Å²) in [7, 11) is 3.29. The zero-order valence-electron chi connectivity index (χ0n) is 9.13. The second kappa shape index (κ2) is 3.81. The van der Waals surface area contributed by atoms with Crippen molar-refractivity contribution < 1.29 is 9.47 Å². The smallest absolute Gasteiger partial charge is 0.168 e. The first kappa shape index (κ1) is 9.84. The normalized spacial score (nSPS) is 10.3. The average Bonchev–Trinajstić information content (AvgIpc) is 2.27. The standard InChI is InChI=1S/C13H13O2/c1-9-4-6-11-10(8-9)5-7-12(14-2)13(11)15-3/h4-7H,1-3H3. The fraction of sp³-hybridized carbons (Fsp3) is 0.231. The van der Waals surface area contributed by atoms with E-state index in [2.05, 4.69) is 6.07 Å². The van der Waals surface area contributed by atoms with Gasteiger partial charge in [-0.3, -0.25) is 0 Å². The maximum Gasteiger partial charge on any atom is 0.168 e. The Hall–Kier alpha value is -1.70. The van der Waals surface area contributed by atoms with Crippen LogP contribution in [0.25, 0.3) is 10.8 Å². The zero-order valence-corrected chi connectivity index (χ0v) is 9.13. The number of hydrogen-bond acceptors (Lipinski definition) is 2. The third kappa shape index (κ3) is 1.63. The molecule has 0 amide bonds. The summed E-state index contributed by atoms with van der Waals surface area (Å²) >= 11 is 0. The van der Waals surface area contributed by atoms with E-state index in [1.165, 1.54) is 0 Å². The van der Waals surface area contributed by atoms with Crippen LogP contribution in [0.3, 0.4) is 0 Å². The molecule has 0 fully saturated rings. The molecule has 0 unspecified atom stereocenters. The van der Waals surface area contributed by atoms with Crippen LogP contribution in [0.15, 0.2) is 24.3 Å². The summed E-state index contributed by atoms with van der Waals surface area (Å²) in [6, 6.07) is 11.2. The van der Waals surface area contributed by atoms with Gasteiger partial charge in [-0.1, -0.05) is 12.1 Å². The maximum absolute atomic E-state index is 5.34. The van der Waals surface area contributed by atoms with E-state index in [0.29, 0.717) is 0 Å². The molecule has 0 saturated heterocycles. The molecule has 0 aliphatic heterocycles. The lowest BCUT2D eigenvalue weighted by Gasteiger charge is -2.10. The number of fused-ring (bicyclic) bond motifs is 1. The number of benzene rings is 2. The van der Waals surface area contributed by atoms with Gasteiger partial charge in [0.2, 0.25) is 0 Å². The summed E-state index contributed by atoms with van der Waals surface area (Å²) in [5.74, 6) is 1.52. The van der Waals surface area contributed by atoms with E-state index in [1.54, 1.807) is 14.2 Å². The highest BCUT2D eigenvalue weighted by molar-refractivity contribution is 5.90. The topological polar surface area (TPSA) is 18.5 Å². The molecule has 2 aromatic carbocycles. The van der Waals surface area contributed by atoms with Crippen molar-refractivity contribution >= 4 is 10.8 Å². The largest absolute Gasteiger partial charge is 0.493 e. The molecular formula is C13H13O2. The average molecular weight is 201 g/mol. The Balaban J connectivity index is 2.76. The number of hydrogen-bond donors (Lipinski definition) is 0. The summed E-state index contributed by atoms with van der Waals surface area (Å²) in [5, 5.41) is 2.08. The van der Waals surface area contributed by atoms with Crippen molar-refractivity contribution in [1.82, 2.24) is 0 Å². The lowest BCUT2D eigenvalue weighted by molar-refractivity contribution is 0.358. The van der Waals surface area contributed by atoms with Gasteiger partial charge in [-0.2, -0.15) is 0 Å². The predicted molar refractivity (Wildman–Crippen MR) is 60.6 cm³/mol. The Kier molecular flexibility index (Phi) is 2.50. The van der Waals surface area contributed by atoms with Gasteiger partial charge >= 0.3 is 0 Å². The highest BCUT2D eigenvalue weighted by Gasteiger charge is 2.08. The summed E-state index contributed by atoms with van der Waals surface area (Å²) < 4.78 is 10.6. The van der Waals surface area contributed by atoms with Crippen molar-refractivity contribution in [1.29, 1.82) is 0 Å². The SMILES string of the molecule is COc1ccc2[c]c(C)ccc2c1OC. The molecule has 0 aliphatic carbocycles. The molecule has 2 nitrogen and oxygen atoms in total. The van der Waals surface area contributed by atoms with Crippen molar-refractivity contribution in [3.05, 3.63) is 35.9 Å². The van der Waals surface area contributed by atoms with E-state index in [9.17, 15) is 0 Å². The Morgan fingerprint density at radius 1 is 1.00 bits per heavy atom. The van der Waals surface area contributed by atoms with Crippen LogP contribution in [-0.4, -0.2) is 14.2 Å². The third-order valence-corrected chi connectivity index (χ3v) is 2.42. The molecule has 0 heterocycles. The number of ether oxygens (including phenoxy) is 2. The Morgan fingerprint density at radius 2 is 1.80 bits per heavy atom. The van der Waals surface area contributed by atoms with Crippen LogP contribution in [0, 0.1) is 13.0 Å². The monoisotopic (exact) mass is 201 g/mol. The van der Waals surface area contributed by atoms with Gasteiger partial charge in [-0.15, -0.1) is 0 Å². The summed E-state index contributed by atoms with van der Waals surface area (Å²) in [6.45, 7) is 2.02. The van der Waals surface area contributed by atoms with Gasteiger partial charge in [0.15, 0.2) is 11.5 Å². The Labute approximate surface area is 89.4 Å². The molecule has 1 radical (unpaired) electrons. The van der Waals surface area contributed by atoms with Crippen LogP contribution in [0.1, 0.15) is 5.56 Å².